The van der Waals surface area contributed by atoms with E-state index in [0.717, 1.165) is 10.7 Å². The van der Waals surface area contributed by atoms with Crippen molar-refractivity contribution in [3.05, 3.63) is 51.5 Å². The van der Waals surface area contributed by atoms with Crippen molar-refractivity contribution in [2.24, 2.45) is 0 Å². The van der Waals surface area contributed by atoms with E-state index >= 15 is 0 Å². The smallest absolute Gasteiger partial charge is 0.0900 e. The third-order valence-electron chi connectivity index (χ3n) is 3.13. The summed E-state index contributed by atoms with van der Waals surface area (Å²) < 4.78 is 0. The van der Waals surface area contributed by atoms with E-state index in [2.05, 4.69) is 68.3 Å². The molecule has 0 aliphatic heterocycles. The normalized spacial score (nSPS) is 14.4. The summed E-state index contributed by atoms with van der Waals surface area (Å²) in [4.78, 5) is 5.83. The Morgan fingerprint density at radius 2 is 1.72 bits per heavy atom. The van der Waals surface area contributed by atoms with Crippen LogP contribution in [0, 0.1) is 13.8 Å². The van der Waals surface area contributed by atoms with Crippen LogP contribution < -0.4 is 5.32 Å². The molecular weight excluding hydrogens is 240 g/mol. The topological polar surface area (TPSA) is 24.9 Å². The van der Waals surface area contributed by atoms with E-state index < -0.39 is 0 Å². The molecule has 0 amide bonds. The maximum Gasteiger partial charge on any atom is 0.0900 e. The van der Waals surface area contributed by atoms with E-state index in [1.165, 1.54) is 10.4 Å². The van der Waals surface area contributed by atoms with Crippen molar-refractivity contribution < 1.29 is 0 Å². The fourth-order valence-corrected chi connectivity index (χ4v) is 3.18. The lowest BCUT2D eigenvalue weighted by Gasteiger charge is -2.19. The molecule has 1 aromatic heterocycles. The van der Waals surface area contributed by atoms with Gasteiger partial charge >= 0.3 is 0 Å². The number of aromatic nitrogens is 1. The van der Waals surface area contributed by atoms with Crippen LogP contribution in [0.4, 0.5) is 0 Å². The lowest BCUT2D eigenvalue weighted by atomic mass is 10.1. The highest BCUT2D eigenvalue weighted by atomic mass is 32.1. The van der Waals surface area contributed by atoms with Crippen LogP contribution in [0.3, 0.4) is 0 Å². The molecule has 3 heteroatoms. The SMILES string of the molecule is Cc1nc(C)c(C(C)NC(C)c2ccccc2)s1. The van der Waals surface area contributed by atoms with Crippen molar-refractivity contribution in [2.75, 3.05) is 0 Å². The fourth-order valence-electron chi connectivity index (χ4n) is 2.24. The summed E-state index contributed by atoms with van der Waals surface area (Å²) in [7, 11) is 0. The Kier molecular flexibility index (Phi) is 4.15. The van der Waals surface area contributed by atoms with Crippen molar-refractivity contribution in [3.8, 4) is 0 Å². The molecule has 0 fully saturated rings. The van der Waals surface area contributed by atoms with Crippen molar-refractivity contribution in [1.29, 1.82) is 0 Å². The first kappa shape index (κ1) is 13.2. The third kappa shape index (κ3) is 2.98. The molecule has 0 aliphatic rings. The molecule has 0 saturated carbocycles. The van der Waals surface area contributed by atoms with E-state index in [0.29, 0.717) is 12.1 Å². The molecule has 0 spiro atoms. The monoisotopic (exact) mass is 260 g/mol. The average Bonchev–Trinajstić information content (AvgIpc) is 2.69. The van der Waals surface area contributed by atoms with Crippen molar-refractivity contribution in [3.63, 3.8) is 0 Å². The van der Waals surface area contributed by atoms with Crippen LogP contribution in [0.2, 0.25) is 0 Å². The van der Waals surface area contributed by atoms with Gasteiger partial charge in [0.25, 0.3) is 0 Å². The zero-order chi connectivity index (χ0) is 13.1. The number of aryl methyl sites for hydroxylation is 2. The van der Waals surface area contributed by atoms with Crippen LogP contribution in [0.1, 0.15) is 47.1 Å². The summed E-state index contributed by atoms with van der Waals surface area (Å²) in [6, 6.07) is 11.2. The first-order chi connectivity index (χ1) is 8.58. The van der Waals surface area contributed by atoms with Crippen LogP contribution >= 0.6 is 11.3 Å². The summed E-state index contributed by atoms with van der Waals surface area (Å²) in [6.07, 6.45) is 0. The van der Waals surface area contributed by atoms with E-state index in [-0.39, 0.29) is 0 Å². The summed E-state index contributed by atoms with van der Waals surface area (Å²) in [6.45, 7) is 8.56. The fraction of sp³-hybridized carbons (Fsp3) is 0.400. The second-order valence-electron chi connectivity index (χ2n) is 4.70. The molecule has 0 bridgehead atoms. The molecule has 2 rings (SSSR count). The van der Waals surface area contributed by atoms with E-state index in [1.807, 2.05) is 0 Å². The maximum atomic E-state index is 4.49. The van der Waals surface area contributed by atoms with Crippen molar-refractivity contribution in [1.82, 2.24) is 10.3 Å². The Hall–Kier alpha value is -1.19. The van der Waals surface area contributed by atoms with Gasteiger partial charge in [-0.2, -0.15) is 0 Å². The number of thiazole rings is 1. The zero-order valence-electron chi connectivity index (χ0n) is 11.4. The molecule has 0 saturated heterocycles. The molecule has 2 nitrogen and oxygen atoms in total. The van der Waals surface area contributed by atoms with E-state index in [4.69, 9.17) is 0 Å². The van der Waals surface area contributed by atoms with E-state index in [9.17, 15) is 0 Å². The highest BCUT2D eigenvalue weighted by Crippen LogP contribution is 2.26. The maximum absolute atomic E-state index is 4.49. The number of hydrogen-bond donors (Lipinski definition) is 1. The van der Waals surface area contributed by atoms with Crippen LogP contribution in [-0.4, -0.2) is 4.98 Å². The van der Waals surface area contributed by atoms with Gasteiger partial charge in [-0.15, -0.1) is 11.3 Å². The summed E-state index contributed by atoms with van der Waals surface area (Å²) in [5.74, 6) is 0. The second-order valence-corrected chi connectivity index (χ2v) is 5.94. The average molecular weight is 260 g/mol. The highest BCUT2D eigenvalue weighted by molar-refractivity contribution is 7.11. The number of rotatable bonds is 4. The molecule has 18 heavy (non-hydrogen) atoms. The minimum absolute atomic E-state index is 0.339. The predicted octanol–water partition coefficient (Wildman–Crippen LogP) is 4.17. The number of benzene rings is 1. The van der Waals surface area contributed by atoms with Crippen LogP contribution in [0.5, 0.6) is 0 Å². The minimum atomic E-state index is 0.339. The van der Waals surface area contributed by atoms with Gasteiger partial charge in [-0.1, -0.05) is 30.3 Å². The molecular formula is C15H20N2S. The largest absolute Gasteiger partial charge is 0.303 e. The quantitative estimate of drug-likeness (QED) is 0.892. The summed E-state index contributed by atoms with van der Waals surface area (Å²) in [5.41, 5.74) is 2.47. The van der Waals surface area contributed by atoms with Crippen LogP contribution in [0.25, 0.3) is 0 Å². The molecule has 2 unspecified atom stereocenters. The molecule has 1 N–H and O–H groups in total. The number of hydrogen-bond acceptors (Lipinski definition) is 3. The first-order valence-corrected chi connectivity index (χ1v) is 7.14. The summed E-state index contributed by atoms with van der Waals surface area (Å²) in [5, 5.41) is 4.78. The second kappa shape index (κ2) is 5.63. The molecule has 1 heterocycles. The molecule has 2 aromatic rings. The first-order valence-electron chi connectivity index (χ1n) is 6.33. The van der Waals surface area contributed by atoms with Gasteiger partial charge in [0.15, 0.2) is 0 Å². The van der Waals surface area contributed by atoms with Crippen LogP contribution in [0.15, 0.2) is 30.3 Å². The van der Waals surface area contributed by atoms with Gasteiger partial charge in [0.05, 0.1) is 10.7 Å². The minimum Gasteiger partial charge on any atom is -0.303 e. The van der Waals surface area contributed by atoms with Gasteiger partial charge in [-0.25, -0.2) is 4.98 Å². The molecule has 1 aromatic carbocycles. The molecule has 0 aliphatic carbocycles. The lowest BCUT2D eigenvalue weighted by molar-refractivity contribution is 0.498. The predicted molar refractivity (Wildman–Crippen MR) is 78.0 cm³/mol. The molecule has 0 radical (unpaired) electrons. The van der Waals surface area contributed by atoms with Gasteiger partial charge in [0, 0.05) is 17.0 Å². The van der Waals surface area contributed by atoms with Gasteiger partial charge in [-0.3, -0.25) is 0 Å². The van der Waals surface area contributed by atoms with Gasteiger partial charge in [0.2, 0.25) is 0 Å². The lowest BCUT2D eigenvalue weighted by Crippen LogP contribution is -2.22. The highest BCUT2D eigenvalue weighted by Gasteiger charge is 2.15. The summed E-state index contributed by atoms with van der Waals surface area (Å²) >= 11 is 1.79. The third-order valence-corrected chi connectivity index (χ3v) is 4.39. The van der Waals surface area contributed by atoms with Gasteiger partial charge in [-0.05, 0) is 33.3 Å². The standard InChI is InChI=1S/C15H20N2S/c1-10(14-8-6-5-7-9-14)16-11(2)15-12(3)17-13(4)18-15/h5-11,16H,1-4H3. The van der Waals surface area contributed by atoms with Crippen molar-refractivity contribution >= 4 is 11.3 Å². The van der Waals surface area contributed by atoms with Crippen LogP contribution in [-0.2, 0) is 0 Å². The van der Waals surface area contributed by atoms with Crippen molar-refractivity contribution in [2.45, 2.75) is 39.8 Å². The zero-order valence-corrected chi connectivity index (χ0v) is 12.2. The Morgan fingerprint density at radius 3 is 2.28 bits per heavy atom. The number of nitrogens with one attached hydrogen (secondary N) is 1. The van der Waals surface area contributed by atoms with E-state index in [1.54, 1.807) is 11.3 Å². The van der Waals surface area contributed by atoms with Gasteiger partial charge in [0.1, 0.15) is 0 Å². The Balaban J connectivity index is 2.08. The Bertz CT molecular complexity index is 504. The Morgan fingerprint density at radius 1 is 1.06 bits per heavy atom. The van der Waals surface area contributed by atoms with Gasteiger partial charge < -0.3 is 5.32 Å². The molecule has 2 atom stereocenters. The Labute approximate surface area is 113 Å². The number of nitrogens with zero attached hydrogens (tertiary/aromatic N) is 1. The molecule has 96 valence electrons.